The van der Waals surface area contributed by atoms with Crippen LogP contribution in [0, 0.1) is 0 Å². The first-order chi connectivity index (χ1) is 7.97. The molecule has 7 nitrogen and oxygen atoms in total. The number of nitrogens with one attached hydrogen (secondary N) is 2. The van der Waals surface area contributed by atoms with E-state index in [4.69, 9.17) is 0 Å². The second-order valence-electron chi connectivity index (χ2n) is 3.33. The van der Waals surface area contributed by atoms with Gasteiger partial charge in [0.2, 0.25) is 15.5 Å². The highest BCUT2D eigenvalue weighted by atomic mass is 32.2. The summed E-state index contributed by atoms with van der Waals surface area (Å²) >= 11 is 0. The highest BCUT2D eigenvalue weighted by Gasteiger charge is 2.18. The molecule has 0 amide bonds. The lowest BCUT2D eigenvalue weighted by Crippen LogP contribution is -2.36. The van der Waals surface area contributed by atoms with E-state index in [1.54, 1.807) is 0 Å². The number of aliphatic hydroxyl groups is 1. The van der Waals surface area contributed by atoms with Crippen LogP contribution in [0.2, 0.25) is 0 Å². The minimum absolute atomic E-state index is 0.00761. The van der Waals surface area contributed by atoms with Gasteiger partial charge >= 0.3 is 0 Å². The van der Waals surface area contributed by atoms with Gasteiger partial charge in [-0.25, -0.2) is 13.1 Å². The predicted molar refractivity (Wildman–Crippen MR) is 60.1 cm³/mol. The maximum atomic E-state index is 11.7. The Labute approximate surface area is 98.5 Å². The summed E-state index contributed by atoms with van der Waals surface area (Å²) in [6, 6.07) is 1.11. The number of methoxy groups -OCH3 is 1. The van der Waals surface area contributed by atoms with E-state index in [2.05, 4.69) is 14.4 Å². The zero-order valence-electron chi connectivity index (χ0n) is 9.21. The zero-order chi connectivity index (χ0) is 12.9. The van der Waals surface area contributed by atoms with Crippen LogP contribution < -0.4 is 10.2 Å². The van der Waals surface area contributed by atoms with Crippen molar-refractivity contribution in [2.45, 2.75) is 11.0 Å². The van der Waals surface area contributed by atoms with E-state index in [0.29, 0.717) is 0 Å². The Hall–Kier alpha value is -1.22. The molecule has 0 aromatic carbocycles. The Balaban J connectivity index is 2.77. The fourth-order valence-electron chi connectivity index (χ4n) is 1.15. The molecule has 0 saturated carbocycles. The molecule has 1 aromatic rings. The number of aliphatic hydroxyl groups excluding tert-OH is 1. The summed E-state index contributed by atoms with van der Waals surface area (Å²) < 4.78 is 30.1. The molecule has 1 unspecified atom stereocenters. The molecule has 0 aliphatic rings. The van der Waals surface area contributed by atoms with Crippen molar-refractivity contribution in [2.75, 3.05) is 20.3 Å². The van der Waals surface area contributed by atoms with Gasteiger partial charge in [-0.15, -0.1) is 0 Å². The first-order valence-corrected chi connectivity index (χ1v) is 6.29. The third kappa shape index (κ3) is 3.93. The summed E-state index contributed by atoms with van der Waals surface area (Å²) in [6.45, 7) is -0.210. The molecule has 1 aromatic heterocycles. The molecule has 0 aliphatic carbocycles. The summed E-state index contributed by atoms with van der Waals surface area (Å²) in [4.78, 5) is 13.4. The Morgan fingerprint density at radius 3 is 2.88 bits per heavy atom. The van der Waals surface area contributed by atoms with Gasteiger partial charge in [-0.2, -0.15) is 0 Å². The van der Waals surface area contributed by atoms with E-state index in [1.165, 1.54) is 13.3 Å². The molecule has 3 N–H and O–H groups in total. The van der Waals surface area contributed by atoms with Crippen LogP contribution in [0.25, 0.3) is 0 Å². The SMILES string of the molecule is COCC(O)CNS(=O)(=O)c1c[nH]ccc1=O. The lowest BCUT2D eigenvalue weighted by atomic mass is 10.4. The number of H-pyrrole nitrogens is 1. The first kappa shape index (κ1) is 13.8. The van der Waals surface area contributed by atoms with Gasteiger partial charge < -0.3 is 14.8 Å². The molecule has 0 aliphatic heterocycles. The van der Waals surface area contributed by atoms with Crippen molar-refractivity contribution in [3.05, 3.63) is 28.7 Å². The van der Waals surface area contributed by atoms with Crippen molar-refractivity contribution in [3.63, 3.8) is 0 Å². The topological polar surface area (TPSA) is 108 Å². The van der Waals surface area contributed by atoms with Gasteiger partial charge in [0.1, 0.15) is 4.90 Å². The van der Waals surface area contributed by atoms with E-state index in [9.17, 15) is 18.3 Å². The van der Waals surface area contributed by atoms with Crippen molar-refractivity contribution in [2.24, 2.45) is 0 Å². The molecule has 1 rings (SSSR count). The van der Waals surface area contributed by atoms with Crippen LogP contribution in [0.4, 0.5) is 0 Å². The largest absolute Gasteiger partial charge is 0.389 e. The molecular formula is C9H14N2O5S. The van der Waals surface area contributed by atoms with Crippen LogP contribution in [0.5, 0.6) is 0 Å². The lowest BCUT2D eigenvalue weighted by Gasteiger charge is -2.10. The van der Waals surface area contributed by atoms with Crippen LogP contribution in [0.1, 0.15) is 0 Å². The third-order valence-corrected chi connectivity index (χ3v) is 3.39. The summed E-state index contributed by atoms with van der Waals surface area (Å²) in [5.41, 5.74) is -0.613. The van der Waals surface area contributed by atoms with Gasteiger partial charge in [-0.3, -0.25) is 4.79 Å². The van der Waals surface area contributed by atoms with E-state index in [0.717, 1.165) is 12.3 Å². The number of sulfonamides is 1. The Morgan fingerprint density at radius 1 is 1.59 bits per heavy atom. The minimum atomic E-state index is -3.91. The highest BCUT2D eigenvalue weighted by Crippen LogP contribution is 1.99. The van der Waals surface area contributed by atoms with Gasteiger partial charge in [-0.1, -0.05) is 0 Å². The van der Waals surface area contributed by atoms with E-state index in [1.807, 2.05) is 0 Å². The van der Waals surface area contributed by atoms with E-state index < -0.39 is 21.6 Å². The molecule has 17 heavy (non-hydrogen) atoms. The number of aromatic nitrogens is 1. The van der Waals surface area contributed by atoms with Crippen LogP contribution in [0.3, 0.4) is 0 Å². The van der Waals surface area contributed by atoms with Crippen molar-refractivity contribution in [3.8, 4) is 0 Å². The van der Waals surface area contributed by atoms with Gasteiger partial charge in [-0.05, 0) is 0 Å². The van der Waals surface area contributed by atoms with Crippen molar-refractivity contribution in [1.82, 2.24) is 9.71 Å². The van der Waals surface area contributed by atoms with Crippen LogP contribution >= 0.6 is 0 Å². The summed E-state index contributed by atoms with van der Waals surface area (Å²) in [5, 5.41) is 9.29. The number of aromatic amines is 1. The normalized spacial score (nSPS) is 13.5. The molecule has 8 heteroatoms. The van der Waals surface area contributed by atoms with Crippen LogP contribution in [-0.2, 0) is 14.8 Å². The van der Waals surface area contributed by atoms with Crippen molar-refractivity contribution in [1.29, 1.82) is 0 Å². The quantitative estimate of drug-likeness (QED) is 0.588. The van der Waals surface area contributed by atoms with E-state index in [-0.39, 0.29) is 18.0 Å². The first-order valence-electron chi connectivity index (χ1n) is 4.81. The maximum absolute atomic E-state index is 11.7. The Kier molecular flexibility index (Phi) is 4.82. The number of ether oxygens (including phenoxy) is 1. The van der Waals surface area contributed by atoms with Gasteiger partial charge in [0, 0.05) is 32.1 Å². The number of hydrogen-bond donors (Lipinski definition) is 3. The van der Waals surface area contributed by atoms with Gasteiger partial charge in [0.15, 0.2) is 0 Å². The fourth-order valence-corrected chi connectivity index (χ4v) is 2.27. The average Bonchev–Trinajstić information content (AvgIpc) is 2.27. The number of pyridine rings is 1. The monoisotopic (exact) mass is 262 g/mol. The fraction of sp³-hybridized carbons (Fsp3) is 0.444. The van der Waals surface area contributed by atoms with E-state index >= 15 is 0 Å². The maximum Gasteiger partial charge on any atom is 0.246 e. The predicted octanol–water partition coefficient (Wildman–Crippen LogP) is -1.34. The third-order valence-electron chi connectivity index (χ3n) is 1.95. The van der Waals surface area contributed by atoms with Gasteiger partial charge in [0.05, 0.1) is 12.7 Å². The summed E-state index contributed by atoms with van der Waals surface area (Å²) in [7, 11) is -2.53. The molecule has 1 atom stereocenters. The molecule has 0 fully saturated rings. The van der Waals surface area contributed by atoms with Crippen LogP contribution in [0.15, 0.2) is 28.2 Å². The number of hydrogen-bond acceptors (Lipinski definition) is 5. The zero-order valence-corrected chi connectivity index (χ0v) is 10.0. The average molecular weight is 262 g/mol. The Morgan fingerprint density at radius 2 is 2.29 bits per heavy atom. The van der Waals surface area contributed by atoms with Crippen LogP contribution in [-0.4, -0.2) is 44.9 Å². The summed E-state index contributed by atoms with van der Waals surface area (Å²) in [6.07, 6.45) is 1.46. The molecule has 0 bridgehead atoms. The highest BCUT2D eigenvalue weighted by molar-refractivity contribution is 7.89. The molecule has 1 heterocycles. The second-order valence-corrected chi connectivity index (χ2v) is 5.07. The molecular weight excluding hydrogens is 248 g/mol. The molecule has 0 spiro atoms. The summed E-state index contributed by atoms with van der Waals surface area (Å²) in [5.74, 6) is 0. The lowest BCUT2D eigenvalue weighted by molar-refractivity contribution is 0.0679. The second kappa shape index (κ2) is 5.92. The molecule has 96 valence electrons. The standard InChI is InChI=1S/C9H14N2O5S/c1-16-6-7(12)4-11-17(14,15)9-5-10-3-2-8(9)13/h2-3,5,7,11-12H,4,6H2,1H3,(H,10,13). The number of rotatable bonds is 6. The Bertz CT molecular complexity index is 510. The molecule has 0 radical (unpaired) electrons. The van der Waals surface area contributed by atoms with Crippen molar-refractivity contribution >= 4 is 10.0 Å². The minimum Gasteiger partial charge on any atom is -0.389 e. The smallest absolute Gasteiger partial charge is 0.246 e. The van der Waals surface area contributed by atoms with Crippen molar-refractivity contribution < 1.29 is 18.3 Å². The van der Waals surface area contributed by atoms with Gasteiger partial charge in [0.25, 0.3) is 0 Å². The molecule has 0 saturated heterocycles.